The lowest BCUT2D eigenvalue weighted by molar-refractivity contribution is 1.23. The molecule has 1 aromatic heterocycles. The molecule has 0 spiro atoms. The topological polar surface area (TPSA) is 25.8 Å². The summed E-state index contributed by atoms with van der Waals surface area (Å²) in [6, 6.07) is 95.5. The highest BCUT2D eigenvalue weighted by atomic mass is 14.9. The summed E-state index contributed by atoms with van der Waals surface area (Å²) >= 11 is 0. The average molecular weight is 865 g/mol. The highest BCUT2D eigenvalue weighted by Crippen LogP contribution is 2.37. The monoisotopic (exact) mass is 864 g/mol. The van der Waals surface area contributed by atoms with E-state index in [2.05, 4.69) is 267 Å². The van der Waals surface area contributed by atoms with Crippen molar-refractivity contribution in [2.24, 2.45) is 0 Å². The van der Waals surface area contributed by atoms with Gasteiger partial charge in [0.25, 0.3) is 0 Å². The van der Waals surface area contributed by atoms with Crippen LogP contribution in [0.5, 0.6) is 0 Å². The van der Waals surface area contributed by atoms with E-state index in [0.717, 1.165) is 55.2 Å². The van der Waals surface area contributed by atoms with E-state index in [0.29, 0.717) is 5.82 Å². The number of benzene rings is 11. The lowest BCUT2D eigenvalue weighted by atomic mass is 9.95. The van der Waals surface area contributed by atoms with Gasteiger partial charge in [0.15, 0.2) is 5.82 Å². The van der Waals surface area contributed by atoms with Crippen molar-refractivity contribution in [2.75, 3.05) is 0 Å². The van der Waals surface area contributed by atoms with Crippen LogP contribution in [0.15, 0.2) is 267 Å². The van der Waals surface area contributed by atoms with Crippen LogP contribution < -0.4 is 0 Å². The highest BCUT2D eigenvalue weighted by molar-refractivity contribution is 6.10. The number of nitrogens with zero attached hydrogens (tertiary/aromatic N) is 2. The van der Waals surface area contributed by atoms with Gasteiger partial charge in [-0.3, -0.25) is 0 Å². The van der Waals surface area contributed by atoms with Gasteiger partial charge in [-0.2, -0.15) is 0 Å². The molecule has 0 atom stereocenters. The van der Waals surface area contributed by atoms with Crippen molar-refractivity contribution in [1.82, 2.24) is 9.97 Å². The minimum atomic E-state index is 0.698. The summed E-state index contributed by atoms with van der Waals surface area (Å²) in [6.07, 6.45) is 0. The van der Waals surface area contributed by atoms with Crippen molar-refractivity contribution in [2.45, 2.75) is 0 Å². The summed E-state index contributed by atoms with van der Waals surface area (Å²) in [5.74, 6) is 0.698. The van der Waals surface area contributed by atoms with Crippen LogP contribution in [0.1, 0.15) is 0 Å². The standard InChI is InChI=1S/C66H44N2/c1-4-12-45(13-5-1)56-18-10-20-58(42-56)52-26-22-48(23-27-52)50-30-34-54(35-31-50)64-63-41-39-61-44-60(47-16-8-3-9-17-47)38-40-62(61)65(63)68-66(67-64)55-36-32-51(33-37-55)49-24-28-53(29-25-49)59-21-11-19-57(43-59)46-14-6-2-7-15-46/h1-44H. The van der Waals surface area contributed by atoms with Crippen LogP contribution in [0, 0.1) is 0 Å². The number of aromatic nitrogens is 2. The first-order valence-electron chi connectivity index (χ1n) is 23.2. The molecule has 2 heteroatoms. The second kappa shape index (κ2) is 17.8. The van der Waals surface area contributed by atoms with Gasteiger partial charge in [-0.15, -0.1) is 0 Å². The summed E-state index contributed by atoms with van der Waals surface area (Å²) < 4.78 is 0. The zero-order valence-electron chi connectivity index (χ0n) is 37.3. The first-order chi connectivity index (χ1) is 33.7. The molecule has 0 aliphatic carbocycles. The largest absolute Gasteiger partial charge is 0.227 e. The number of rotatable bonds is 9. The molecular formula is C66H44N2. The smallest absolute Gasteiger partial charge is 0.160 e. The Bertz CT molecular complexity index is 3710. The number of hydrogen-bond donors (Lipinski definition) is 0. The quantitative estimate of drug-likeness (QED) is 0.135. The normalized spacial score (nSPS) is 11.2. The Kier molecular flexibility index (Phi) is 10.6. The zero-order chi connectivity index (χ0) is 45.2. The van der Waals surface area contributed by atoms with Crippen molar-refractivity contribution < 1.29 is 0 Å². The second-order valence-electron chi connectivity index (χ2n) is 17.4. The first kappa shape index (κ1) is 40.5. The van der Waals surface area contributed by atoms with E-state index in [1.54, 1.807) is 0 Å². The molecule has 0 fully saturated rings. The van der Waals surface area contributed by atoms with Gasteiger partial charge in [-0.1, -0.05) is 243 Å². The molecule has 11 aromatic carbocycles. The maximum absolute atomic E-state index is 5.36. The van der Waals surface area contributed by atoms with E-state index < -0.39 is 0 Å². The molecule has 0 N–H and O–H groups in total. The van der Waals surface area contributed by atoms with E-state index in [9.17, 15) is 0 Å². The molecule has 0 saturated heterocycles. The van der Waals surface area contributed by atoms with Crippen LogP contribution in [0.4, 0.5) is 0 Å². The SMILES string of the molecule is c1ccc(-c2cccc(-c3ccc(-c4ccc(-c5nc(-c6ccc(-c7ccc(-c8cccc(-c9ccccc9)c8)cc7)cc6)c6ccc7cc(-c8ccccc8)ccc7c6n5)cc4)cc3)c2)cc1. The molecule has 0 unspecified atom stereocenters. The van der Waals surface area contributed by atoms with E-state index in [4.69, 9.17) is 9.97 Å². The van der Waals surface area contributed by atoms with Gasteiger partial charge in [0.1, 0.15) is 0 Å². The van der Waals surface area contributed by atoms with Gasteiger partial charge in [0.05, 0.1) is 11.2 Å². The lowest BCUT2D eigenvalue weighted by Crippen LogP contribution is -1.96. The third-order valence-corrected chi connectivity index (χ3v) is 13.1. The fourth-order valence-electron chi connectivity index (χ4n) is 9.44. The van der Waals surface area contributed by atoms with Gasteiger partial charge < -0.3 is 0 Å². The summed E-state index contributed by atoms with van der Waals surface area (Å²) in [4.78, 5) is 10.7. The Labute approximate surface area is 397 Å². The maximum atomic E-state index is 5.36. The zero-order valence-corrected chi connectivity index (χ0v) is 37.3. The molecule has 0 radical (unpaired) electrons. The van der Waals surface area contributed by atoms with E-state index in [-0.39, 0.29) is 0 Å². The van der Waals surface area contributed by atoms with Crippen molar-refractivity contribution in [3.05, 3.63) is 267 Å². The van der Waals surface area contributed by atoms with Crippen molar-refractivity contribution in [3.63, 3.8) is 0 Å². The first-order valence-corrected chi connectivity index (χ1v) is 23.2. The van der Waals surface area contributed by atoms with Crippen molar-refractivity contribution >= 4 is 21.7 Å². The molecule has 0 saturated carbocycles. The maximum Gasteiger partial charge on any atom is 0.160 e. The predicted octanol–water partition coefficient (Wildman–Crippen LogP) is 17.8. The molecule has 0 aliphatic rings. The number of hydrogen-bond acceptors (Lipinski definition) is 2. The molecule has 0 amide bonds. The average Bonchev–Trinajstić information content (AvgIpc) is 3.43. The summed E-state index contributed by atoms with van der Waals surface area (Å²) in [5.41, 5.74) is 20.5. The van der Waals surface area contributed by atoms with Gasteiger partial charge in [0.2, 0.25) is 0 Å². The molecule has 0 bridgehead atoms. The minimum Gasteiger partial charge on any atom is -0.227 e. The van der Waals surface area contributed by atoms with Crippen LogP contribution in [0.2, 0.25) is 0 Å². The fourth-order valence-corrected chi connectivity index (χ4v) is 9.44. The predicted molar refractivity (Wildman–Crippen MR) is 286 cm³/mol. The van der Waals surface area contributed by atoms with E-state index >= 15 is 0 Å². The molecule has 12 aromatic rings. The molecule has 2 nitrogen and oxygen atoms in total. The molecular weight excluding hydrogens is 821 g/mol. The Hall–Kier alpha value is -8.98. The summed E-state index contributed by atoms with van der Waals surface area (Å²) in [7, 11) is 0. The highest BCUT2D eigenvalue weighted by Gasteiger charge is 2.16. The lowest BCUT2D eigenvalue weighted by Gasteiger charge is -2.13. The Morgan fingerprint density at radius 2 is 0.500 bits per heavy atom. The van der Waals surface area contributed by atoms with E-state index in [1.807, 2.05) is 0 Å². The van der Waals surface area contributed by atoms with Gasteiger partial charge in [-0.25, -0.2) is 9.97 Å². The molecule has 318 valence electrons. The third-order valence-electron chi connectivity index (χ3n) is 13.1. The Morgan fingerprint density at radius 3 is 0.926 bits per heavy atom. The molecule has 68 heavy (non-hydrogen) atoms. The summed E-state index contributed by atoms with van der Waals surface area (Å²) in [5, 5.41) is 3.27. The van der Waals surface area contributed by atoms with Crippen LogP contribution in [0.25, 0.3) is 122 Å². The molecule has 1 heterocycles. The minimum absolute atomic E-state index is 0.698. The van der Waals surface area contributed by atoms with Gasteiger partial charge >= 0.3 is 0 Å². The van der Waals surface area contributed by atoms with Crippen molar-refractivity contribution in [1.29, 1.82) is 0 Å². The Morgan fingerprint density at radius 1 is 0.191 bits per heavy atom. The van der Waals surface area contributed by atoms with Crippen LogP contribution in [-0.4, -0.2) is 9.97 Å². The second-order valence-corrected chi connectivity index (χ2v) is 17.4. The third kappa shape index (κ3) is 8.06. The molecule has 0 aliphatic heterocycles. The number of fused-ring (bicyclic) bond motifs is 3. The Balaban J connectivity index is 0.871. The summed E-state index contributed by atoms with van der Waals surface area (Å²) in [6.45, 7) is 0. The van der Waals surface area contributed by atoms with Crippen LogP contribution in [0.3, 0.4) is 0 Å². The fraction of sp³-hybridized carbons (Fsp3) is 0. The molecule has 12 rings (SSSR count). The van der Waals surface area contributed by atoms with Gasteiger partial charge in [-0.05, 0) is 108 Å². The van der Waals surface area contributed by atoms with E-state index in [1.165, 1.54) is 61.2 Å². The van der Waals surface area contributed by atoms with Crippen LogP contribution in [-0.2, 0) is 0 Å². The van der Waals surface area contributed by atoms with Crippen molar-refractivity contribution in [3.8, 4) is 101 Å². The van der Waals surface area contributed by atoms with Gasteiger partial charge in [0, 0.05) is 21.9 Å². The van der Waals surface area contributed by atoms with Crippen LogP contribution >= 0.6 is 0 Å².